The maximum Gasteiger partial charge on any atom is 0.331 e. The lowest BCUT2D eigenvalue weighted by Gasteiger charge is -2.30. The Morgan fingerprint density at radius 3 is 2.63 bits per heavy atom. The van der Waals surface area contributed by atoms with Crippen LogP contribution in [-0.4, -0.2) is 18.6 Å². The van der Waals surface area contributed by atoms with Crippen LogP contribution in [0.1, 0.15) is 27.2 Å². The van der Waals surface area contributed by atoms with Gasteiger partial charge < -0.3 is 10.1 Å². The number of carbonyl (C=O) groups excluding carboxylic acids is 1. The van der Waals surface area contributed by atoms with Crippen molar-refractivity contribution in [3.8, 4) is 0 Å². The monoisotopic (exact) mass is 347 g/mol. The number of anilines is 1. The smallest absolute Gasteiger partial charge is 0.331 e. The van der Waals surface area contributed by atoms with Gasteiger partial charge in [0.2, 0.25) is 0 Å². The van der Waals surface area contributed by atoms with Crippen molar-refractivity contribution in [2.45, 2.75) is 32.7 Å². The van der Waals surface area contributed by atoms with Gasteiger partial charge in [0.15, 0.2) is 0 Å². The number of benzene rings is 1. The molecule has 0 heterocycles. The molecule has 1 atom stereocenters. The lowest BCUT2D eigenvalue weighted by Crippen LogP contribution is -2.45. The third kappa shape index (κ3) is 4.39. The standard InChI is InChI=1S/C14H19BrClNO2/c1-9(2)8-14(3,13(18)19-4)17-10-5-6-12(16)11(15)7-10/h5-7,9,17H,8H2,1-4H3. The highest BCUT2D eigenvalue weighted by atomic mass is 79.9. The summed E-state index contributed by atoms with van der Waals surface area (Å²) in [7, 11) is 1.40. The lowest BCUT2D eigenvalue weighted by molar-refractivity contribution is -0.146. The number of hydrogen-bond acceptors (Lipinski definition) is 3. The molecule has 1 rings (SSSR count). The maximum absolute atomic E-state index is 12.0. The second-order valence-electron chi connectivity index (χ2n) is 5.18. The Balaban J connectivity index is 3.00. The van der Waals surface area contributed by atoms with E-state index >= 15 is 0 Å². The Labute approximate surface area is 127 Å². The van der Waals surface area contributed by atoms with Crippen LogP contribution in [-0.2, 0) is 9.53 Å². The van der Waals surface area contributed by atoms with Crippen LogP contribution in [0.3, 0.4) is 0 Å². The van der Waals surface area contributed by atoms with E-state index in [9.17, 15) is 4.79 Å². The van der Waals surface area contributed by atoms with Crippen LogP contribution in [0.4, 0.5) is 5.69 Å². The molecule has 19 heavy (non-hydrogen) atoms. The predicted molar refractivity (Wildman–Crippen MR) is 82.7 cm³/mol. The number of esters is 1. The molecule has 1 aromatic carbocycles. The van der Waals surface area contributed by atoms with E-state index in [0.29, 0.717) is 17.4 Å². The quantitative estimate of drug-likeness (QED) is 0.797. The van der Waals surface area contributed by atoms with Gasteiger partial charge in [0.05, 0.1) is 12.1 Å². The van der Waals surface area contributed by atoms with Gasteiger partial charge >= 0.3 is 5.97 Å². The summed E-state index contributed by atoms with van der Waals surface area (Å²) in [5.74, 6) is 0.0969. The third-order valence-corrected chi connectivity index (χ3v) is 4.01. The van der Waals surface area contributed by atoms with Crippen molar-refractivity contribution in [3.63, 3.8) is 0 Å². The molecule has 3 nitrogen and oxygen atoms in total. The van der Waals surface area contributed by atoms with Crippen molar-refractivity contribution < 1.29 is 9.53 Å². The van der Waals surface area contributed by atoms with Crippen LogP contribution in [0.15, 0.2) is 22.7 Å². The maximum atomic E-state index is 12.0. The van der Waals surface area contributed by atoms with Gasteiger partial charge in [-0.05, 0) is 53.4 Å². The Bertz CT molecular complexity index is 465. The van der Waals surface area contributed by atoms with Crippen molar-refractivity contribution in [2.24, 2.45) is 5.92 Å². The number of methoxy groups -OCH3 is 1. The second-order valence-corrected chi connectivity index (χ2v) is 6.44. The molecule has 0 fully saturated rings. The first-order chi connectivity index (χ1) is 8.78. The van der Waals surface area contributed by atoms with E-state index in [2.05, 4.69) is 35.1 Å². The minimum Gasteiger partial charge on any atom is -0.467 e. The number of rotatable bonds is 5. The second kappa shape index (κ2) is 6.62. The molecule has 0 spiro atoms. The zero-order valence-electron chi connectivity index (χ0n) is 11.6. The van der Waals surface area contributed by atoms with E-state index in [4.69, 9.17) is 16.3 Å². The fourth-order valence-corrected chi connectivity index (χ4v) is 2.62. The fourth-order valence-electron chi connectivity index (χ4n) is 2.12. The van der Waals surface area contributed by atoms with Crippen molar-refractivity contribution >= 4 is 39.2 Å². The highest BCUT2D eigenvalue weighted by Gasteiger charge is 2.35. The van der Waals surface area contributed by atoms with Crippen LogP contribution in [0.25, 0.3) is 0 Å². The topological polar surface area (TPSA) is 38.3 Å². The molecular weight excluding hydrogens is 330 g/mol. The largest absolute Gasteiger partial charge is 0.467 e. The van der Waals surface area contributed by atoms with Crippen LogP contribution < -0.4 is 5.32 Å². The van der Waals surface area contributed by atoms with E-state index in [1.165, 1.54) is 7.11 Å². The number of ether oxygens (including phenoxy) is 1. The van der Waals surface area contributed by atoms with Gasteiger partial charge in [0.1, 0.15) is 5.54 Å². The molecule has 0 amide bonds. The molecule has 5 heteroatoms. The summed E-state index contributed by atoms with van der Waals surface area (Å²) in [5.41, 5.74) is 0.0701. The first-order valence-corrected chi connectivity index (χ1v) is 7.27. The minimum absolute atomic E-state index is 0.271. The van der Waals surface area contributed by atoms with Crippen LogP contribution >= 0.6 is 27.5 Å². The zero-order chi connectivity index (χ0) is 14.6. The average molecular weight is 349 g/mol. The van der Waals surface area contributed by atoms with Gasteiger partial charge in [-0.25, -0.2) is 4.79 Å². The Hall–Kier alpha value is -0.740. The normalized spacial score (nSPS) is 14.1. The van der Waals surface area contributed by atoms with E-state index in [1.54, 1.807) is 6.07 Å². The molecule has 0 aliphatic rings. The Morgan fingerprint density at radius 1 is 1.53 bits per heavy atom. The van der Waals surface area contributed by atoms with E-state index in [-0.39, 0.29) is 5.97 Å². The fraction of sp³-hybridized carbons (Fsp3) is 0.500. The van der Waals surface area contributed by atoms with Gasteiger partial charge in [-0.3, -0.25) is 0 Å². The van der Waals surface area contributed by atoms with Crippen LogP contribution in [0, 0.1) is 5.92 Å². The third-order valence-electron chi connectivity index (χ3n) is 2.79. The van der Waals surface area contributed by atoms with Crippen molar-refractivity contribution in [2.75, 3.05) is 12.4 Å². The molecule has 0 radical (unpaired) electrons. The summed E-state index contributed by atoms with van der Waals surface area (Å²) in [6.45, 7) is 5.99. The molecule has 1 unspecified atom stereocenters. The summed E-state index contributed by atoms with van der Waals surface area (Å²) in [6.07, 6.45) is 0.680. The number of nitrogens with one attached hydrogen (secondary N) is 1. The van der Waals surface area contributed by atoms with Gasteiger partial charge in [-0.1, -0.05) is 25.4 Å². The van der Waals surface area contributed by atoms with Crippen molar-refractivity contribution in [3.05, 3.63) is 27.7 Å². The van der Waals surface area contributed by atoms with Crippen LogP contribution in [0.2, 0.25) is 5.02 Å². The van der Waals surface area contributed by atoms with Gasteiger partial charge in [-0.15, -0.1) is 0 Å². The summed E-state index contributed by atoms with van der Waals surface area (Å²) in [5, 5.41) is 3.88. The van der Waals surface area contributed by atoms with Crippen molar-refractivity contribution in [1.82, 2.24) is 0 Å². The summed E-state index contributed by atoms with van der Waals surface area (Å²) in [6, 6.07) is 5.47. The summed E-state index contributed by atoms with van der Waals surface area (Å²) >= 11 is 9.33. The van der Waals surface area contributed by atoms with Crippen molar-refractivity contribution in [1.29, 1.82) is 0 Å². The average Bonchev–Trinajstić information content (AvgIpc) is 2.31. The van der Waals surface area contributed by atoms with Gasteiger partial charge in [0.25, 0.3) is 0 Å². The van der Waals surface area contributed by atoms with Gasteiger partial charge in [0, 0.05) is 10.2 Å². The number of hydrogen-bond donors (Lipinski definition) is 1. The molecule has 0 saturated carbocycles. The Morgan fingerprint density at radius 2 is 2.16 bits per heavy atom. The summed E-state index contributed by atoms with van der Waals surface area (Å²) < 4.78 is 5.69. The predicted octanol–water partition coefficient (Wildman–Crippen LogP) is 4.49. The molecular formula is C14H19BrClNO2. The molecule has 0 aromatic heterocycles. The first kappa shape index (κ1) is 16.3. The SMILES string of the molecule is COC(=O)C(C)(CC(C)C)Nc1ccc(Cl)c(Br)c1. The Kier molecular flexibility index (Phi) is 5.68. The zero-order valence-corrected chi connectivity index (χ0v) is 13.9. The highest BCUT2D eigenvalue weighted by molar-refractivity contribution is 9.10. The number of halogens is 2. The van der Waals surface area contributed by atoms with E-state index in [1.807, 2.05) is 19.1 Å². The molecule has 106 valence electrons. The number of carbonyl (C=O) groups is 1. The molecule has 0 aliphatic heterocycles. The van der Waals surface area contributed by atoms with E-state index < -0.39 is 5.54 Å². The van der Waals surface area contributed by atoms with Crippen LogP contribution in [0.5, 0.6) is 0 Å². The molecule has 0 bridgehead atoms. The van der Waals surface area contributed by atoms with E-state index in [0.717, 1.165) is 10.2 Å². The van der Waals surface area contributed by atoms with Gasteiger partial charge in [-0.2, -0.15) is 0 Å². The minimum atomic E-state index is -0.754. The lowest BCUT2D eigenvalue weighted by atomic mass is 9.90. The summed E-state index contributed by atoms with van der Waals surface area (Å²) in [4.78, 5) is 12.0. The molecule has 1 aromatic rings. The first-order valence-electron chi connectivity index (χ1n) is 6.10. The molecule has 0 saturated heterocycles. The molecule has 1 N–H and O–H groups in total. The highest BCUT2D eigenvalue weighted by Crippen LogP contribution is 2.29. The molecule has 0 aliphatic carbocycles.